The number of carbonyl (C=O) groups is 2. The summed E-state index contributed by atoms with van der Waals surface area (Å²) < 4.78 is 5.52. The fourth-order valence-electron chi connectivity index (χ4n) is 4.31. The van der Waals surface area contributed by atoms with Gasteiger partial charge in [-0.25, -0.2) is 0 Å². The first-order valence-corrected chi connectivity index (χ1v) is 8.74. The number of hydrogen-bond acceptors (Lipinski definition) is 5. The van der Waals surface area contributed by atoms with E-state index >= 15 is 0 Å². The Morgan fingerprint density at radius 1 is 0.962 bits per heavy atom. The molecule has 0 unspecified atom stereocenters. The second-order valence-corrected chi connectivity index (χ2v) is 7.03. The van der Waals surface area contributed by atoms with Crippen molar-refractivity contribution in [2.75, 3.05) is 0 Å². The van der Waals surface area contributed by atoms with E-state index in [2.05, 4.69) is 0 Å². The van der Waals surface area contributed by atoms with Crippen LogP contribution in [0.25, 0.3) is 10.8 Å². The molecule has 0 saturated carbocycles. The first kappa shape index (κ1) is 15.2. The Bertz CT molecular complexity index is 1110. The van der Waals surface area contributed by atoms with Crippen LogP contribution in [0.2, 0.25) is 0 Å². The van der Waals surface area contributed by atoms with Crippen molar-refractivity contribution in [2.24, 2.45) is 0 Å². The summed E-state index contributed by atoms with van der Waals surface area (Å²) in [4.78, 5) is 25.4. The van der Waals surface area contributed by atoms with Crippen LogP contribution >= 0.6 is 0 Å². The number of furan rings is 1. The molecule has 2 aliphatic rings. The molecule has 2 N–H and O–H groups in total. The molecule has 1 aromatic heterocycles. The van der Waals surface area contributed by atoms with Crippen LogP contribution < -0.4 is 0 Å². The van der Waals surface area contributed by atoms with Gasteiger partial charge in [-0.2, -0.15) is 0 Å². The SMILES string of the molecule is O=C1CCCC[C@@H]2c3cc4c(O)ccc(O)c4cc3C(=O)c3occ1c32. The number of ketones is 2. The molecule has 0 amide bonds. The average molecular weight is 348 g/mol. The third-order valence-corrected chi connectivity index (χ3v) is 5.59. The average Bonchev–Trinajstić information content (AvgIpc) is 3.06. The Morgan fingerprint density at radius 3 is 2.46 bits per heavy atom. The standard InChI is InChI=1S/C21H16O5/c22-16-4-2-1-3-10-11-7-12-13(18(24)6-5-17(12)23)8-14(11)20(25)21-19(10)15(16)9-26-21/h5-10,23-24H,1-4H2/t10-/m1/s1. The third-order valence-electron chi connectivity index (χ3n) is 5.59. The molecular weight excluding hydrogens is 332 g/mol. The van der Waals surface area contributed by atoms with Crippen molar-refractivity contribution in [2.45, 2.75) is 31.6 Å². The molecule has 3 aromatic rings. The molecule has 0 bridgehead atoms. The van der Waals surface area contributed by atoms with Crippen molar-refractivity contribution < 1.29 is 24.2 Å². The van der Waals surface area contributed by atoms with Crippen LogP contribution in [0.4, 0.5) is 0 Å². The molecule has 26 heavy (non-hydrogen) atoms. The van der Waals surface area contributed by atoms with Gasteiger partial charge in [0.1, 0.15) is 17.8 Å². The zero-order valence-electron chi connectivity index (χ0n) is 13.9. The van der Waals surface area contributed by atoms with Crippen LogP contribution in [0.5, 0.6) is 11.5 Å². The second kappa shape index (κ2) is 5.21. The summed E-state index contributed by atoms with van der Waals surface area (Å²) in [5, 5.41) is 21.3. The number of benzene rings is 2. The molecule has 5 heteroatoms. The van der Waals surface area contributed by atoms with Crippen molar-refractivity contribution in [1.29, 1.82) is 0 Å². The predicted octanol–water partition coefficient (Wildman–Crippen LogP) is 4.28. The maximum atomic E-state index is 13.0. The molecule has 1 heterocycles. The fourth-order valence-corrected chi connectivity index (χ4v) is 4.31. The lowest BCUT2D eigenvalue weighted by molar-refractivity contribution is 0.0975. The molecule has 5 rings (SSSR count). The van der Waals surface area contributed by atoms with Gasteiger partial charge in [0.05, 0.1) is 5.56 Å². The van der Waals surface area contributed by atoms with Gasteiger partial charge in [-0.1, -0.05) is 6.42 Å². The summed E-state index contributed by atoms with van der Waals surface area (Å²) >= 11 is 0. The van der Waals surface area contributed by atoms with Gasteiger partial charge < -0.3 is 14.6 Å². The van der Waals surface area contributed by atoms with Crippen molar-refractivity contribution in [1.82, 2.24) is 0 Å². The molecule has 0 fully saturated rings. The Labute approximate surface area is 148 Å². The number of rotatable bonds is 0. The van der Waals surface area contributed by atoms with Gasteiger partial charge in [0.15, 0.2) is 11.5 Å². The second-order valence-electron chi connectivity index (χ2n) is 7.03. The van der Waals surface area contributed by atoms with Gasteiger partial charge >= 0.3 is 0 Å². The smallest absolute Gasteiger partial charge is 0.228 e. The highest BCUT2D eigenvalue weighted by atomic mass is 16.3. The van der Waals surface area contributed by atoms with Crippen molar-refractivity contribution >= 4 is 22.3 Å². The van der Waals surface area contributed by atoms with Gasteiger partial charge in [0, 0.05) is 34.2 Å². The third kappa shape index (κ3) is 1.91. The lowest BCUT2D eigenvalue weighted by atomic mass is 9.74. The van der Waals surface area contributed by atoms with Crippen LogP contribution in [-0.4, -0.2) is 21.8 Å². The summed E-state index contributed by atoms with van der Waals surface area (Å²) in [5.74, 6) is -0.110. The normalized spacial score (nSPS) is 19.0. The highest BCUT2D eigenvalue weighted by molar-refractivity contribution is 6.15. The molecule has 2 aliphatic carbocycles. The molecule has 1 atom stereocenters. The number of Topliss-reactive ketones (excluding diaryl/α,β-unsaturated/α-hetero) is 1. The number of aromatic hydroxyl groups is 2. The summed E-state index contributed by atoms with van der Waals surface area (Å²) in [6.45, 7) is 0. The molecule has 130 valence electrons. The maximum Gasteiger partial charge on any atom is 0.228 e. The number of carbonyl (C=O) groups excluding carboxylic acids is 2. The Hall–Kier alpha value is -3.08. The fraction of sp³-hybridized carbons (Fsp3) is 0.238. The lowest BCUT2D eigenvalue weighted by Gasteiger charge is -2.27. The Morgan fingerprint density at radius 2 is 1.69 bits per heavy atom. The van der Waals surface area contributed by atoms with E-state index in [1.807, 2.05) is 0 Å². The maximum absolute atomic E-state index is 13.0. The van der Waals surface area contributed by atoms with Crippen molar-refractivity contribution in [3.8, 4) is 11.5 Å². The monoisotopic (exact) mass is 348 g/mol. The minimum Gasteiger partial charge on any atom is -0.507 e. The quantitative estimate of drug-likeness (QED) is 0.592. The number of hydrogen-bond donors (Lipinski definition) is 2. The minimum atomic E-state index is -0.282. The molecule has 2 aromatic carbocycles. The lowest BCUT2D eigenvalue weighted by Crippen LogP contribution is -2.21. The molecule has 0 radical (unpaired) electrons. The van der Waals surface area contributed by atoms with Crippen molar-refractivity contribution in [3.05, 3.63) is 58.5 Å². The van der Waals surface area contributed by atoms with E-state index in [-0.39, 0.29) is 34.7 Å². The van der Waals surface area contributed by atoms with Crippen LogP contribution in [0.1, 0.15) is 69.2 Å². The number of fused-ring (bicyclic) bond motifs is 3. The molecule has 0 saturated heterocycles. The van der Waals surface area contributed by atoms with E-state index in [0.717, 1.165) is 24.8 Å². The van der Waals surface area contributed by atoms with Gasteiger partial charge in [-0.15, -0.1) is 0 Å². The predicted molar refractivity (Wildman–Crippen MR) is 94.1 cm³/mol. The van der Waals surface area contributed by atoms with Gasteiger partial charge in [0.25, 0.3) is 0 Å². The molecule has 0 spiro atoms. The van der Waals surface area contributed by atoms with Crippen LogP contribution in [-0.2, 0) is 0 Å². The summed E-state index contributed by atoms with van der Waals surface area (Å²) in [6.07, 6.45) is 4.35. The van der Waals surface area contributed by atoms with E-state index in [4.69, 9.17) is 4.42 Å². The summed E-state index contributed by atoms with van der Waals surface area (Å²) in [6, 6.07) is 6.23. The van der Waals surface area contributed by atoms with Gasteiger partial charge in [0.2, 0.25) is 5.78 Å². The Balaban J connectivity index is 1.84. The minimum absolute atomic E-state index is 0.00664. The highest BCUT2D eigenvalue weighted by Crippen LogP contribution is 2.46. The largest absolute Gasteiger partial charge is 0.507 e. The molecule has 5 nitrogen and oxygen atoms in total. The zero-order chi connectivity index (χ0) is 18.0. The first-order chi connectivity index (χ1) is 12.6. The van der Waals surface area contributed by atoms with Crippen LogP contribution in [0.15, 0.2) is 34.9 Å². The van der Waals surface area contributed by atoms with E-state index in [1.165, 1.54) is 18.4 Å². The summed E-state index contributed by atoms with van der Waals surface area (Å²) in [5.41, 5.74) is 2.44. The summed E-state index contributed by atoms with van der Waals surface area (Å²) in [7, 11) is 0. The van der Waals surface area contributed by atoms with Gasteiger partial charge in [-0.3, -0.25) is 9.59 Å². The van der Waals surface area contributed by atoms with Gasteiger partial charge in [-0.05, 0) is 42.7 Å². The zero-order valence-corrected chi connectivity index (χ0v) is 13.9. The highest BCUT2D eigenvalue weighted by Gasteiger charge is 2.38. The molecule has 0 aliphatic heterocycles. The topological polar surface area (TPSA) is 87.7 Å². The number of phenols is 2. The van der Waals surface area contributed by atoms with E-state index in [9.17, 15) is 19.8 Å². The molecular formula is C21H16O5. The number of phenolic OH excluding ortho intramolecular Hbond substituents is 2. The van der Waals surface area contributed by atoms with Crippen LogP contribution in [0.3, 0.4) is 0 Å². The van der Waals surface area contributed by atoms with E-state index < -0.39 is 0 Å². The Kier molecular flexibility index (Phi) is 3.04. The van der Waals surface area contributed by atoms with Crippen LogP contribution in [0, 0.1) is 0 Å². The first-order valence-electron chi connectivity index (χ1n) is 8.74. The van der Waals surface area contributed by atoms with E-state index in [0.29, 0.717) is 33.9 Å². The van der Waals surface area contributed by atoms with E-state index in [1.54, 1.807) is 12.1 Å². The van der Waals surface area contributed by atoms with Crippen molar-refractivity contribution in [3.63, 3.8) is 0 Å².